The van der Waals surface area contributed by atoms with Gasteiger partial charge in [0.05, 0.1) is 6.33 Å². The number of benzene rings is 1. The number of carbonyl (C=O) groups excluding carboxylic acids is 1. The maximum atomic E-state index is 12.7. The molecule has 1 N–H and O–H groups in total. The van der Waals surface area contributed by atoms with Crippen molar-refractivity contribution in [2.75, 3.05) is 6.54 Å². The lowest BCUT2D eigenvalue weighted by Gasteiger charge is -2.03. The Bertz CT molecular complexity index is 561. The van der Waals surface area contributed by atoms with Crippen LogP contribution in [-0.4, -0.2) is 22.0 Å². The predicted molar refractivity (Wildman–Crippen MR) is 75.3 cm³/mol. The summed E-state index contributed by atoms with van der Waals surface area (Å²) in [6, 6.07) is 5.97. The molecule has 0 spiro atoms. The molecule has 0 aliphatic rings. The molecule has 1 amide bonds. The summed E-state index contributed by atoms with van der Waals surface area (Å²) in [5, 5.41) is 2.79. The lowest BCUT2D eigenvalue weighted by atomic mass is 10.2. The Hall–Kier alpha value is -2.43. The van der Waals surface area contributed by atoms with Gasteiger partial charge < -0.3 is 9.88 Å². The first-order valence-electron chi connectivity index (χ1n) is 6.41. The van der Waals surface area contributed by atoms with Crippen LogP contribution in [0, 0.1) is 5.82 Å². The normalized spacial score (nSPS) is 10.8. The van der Waals surface area contributed by atoms with Crippen LogP contribution in [0.3, 0.4) is 0 Å². The minimum absolute atomic E-state index is 0.153. The second kappa shape index (κ2) is 7.23. The van der Waals surface area contributed by atoms with Crippen LogP contribution in [-0.2, 0) is 11.3 Å². The van der Waals surface area contributed by atoms with Crippen LogP contribution >= 0.6 is 0 Å². The molecule has 0 unspecified atom stereocenters. The van der Waals surface area contributed by atoms with Crippen molar-refractivity contribution in [3.05, 3.63) is 60.4 Å². The fourth-order valence-corrected chi connectivity index (χ4v) is 1.70. The molecule has 2 rings (SSSR count). The summed E-state index contributed by atoms with van der Waals surface area (Å²) in [6.07, 6.45) is 9.30. The number of aromatic nitrogens is 2. The number of nitrogens with one attached hydrogen (secondary N) is 1. The van der Waals surface area contributed by atoms with Crippen molar-refractivity contribution >= 4 is 12.0 Å². The summed E-state index contributed by atoms with van der Waals surface area (Å²) >= 11 is 0. The number of aryl methyl sites for hydroxylation is 1. The smallest absolute Gasteiger partial charge is 0.244 e. The molecular formula is C15H16FN3O. The van der Waals surface area contributed by atoms with Gasteiger partial charge in [-0.15, -0.1) is 0 Å². The second-order valence-electron chi connectivity index (χ2n) is 4.33. The van der Waals surface area contributed by atoms with Gasteiger partial charge >= 0.3 is 0 Å². The standard InChI is InChI=1S/C15H16FN3O/c16-14-5-2-13(3-6-14)4-7-15(20)18-8-1-10-19-11-9-17-12-19/h2-7,9,11-12H,1,8,10H2,(H,18,20). The van der Waals surface area contributed by atoms with E-state index in [0.29, 0.717) is 6.54 Å². The van der Waals surface area contributed by atoms with Gasteiger partial charge in [-0.05, 0) is 30.2 Å². The van der Waals surface area contributed by atoms with Crippen molar-refractivity contribution in [2.45, 2.75) is 13.0 Å². The molecule has 20 heavy (non-hydrogen) atoms. The molecule has 0 aliphatic carbocycles. The first kappa shape index (κ1) is 14.0. The Morgan fingerprint density at radius 2 is 2.15 bits per heavy atom. The van der Waals surface area contributed by atoms with Crippen LogP contribution in [0.2, 0.25) is 0 Å². The van der Waals surface area contributed by atoms with E-state index in [2.05, 4.69) is 10.3 Å². The molecule has 1 aromatic carbocycles. The summed E-state index contributed by atoms with van der Waals surface area (Å²) in [4.78, 5) is 15.5. The number of nitrogens with zero attached hydrogens (tertiary/aromatic N) is 2. The van der Waals surface area contributed by atoms with Gasteiger partial charge in [-0.25, -0.2) is 9.37 Å². The van der Waals surface area contributed by atoms with E-state index >= 15 is 0 Å². The zero-order chi connectivity index (χ0) is 14.2. The Balaban J connectivity index is 1.68. The molecule has 4 nitrogen and oxygen atoms in total. The van der Waals surface area contributed by atoms with E-state index in [0.717, 1.165) is 18.5 Å². The highest BCUT2D eigenvalue weighted by molar-refractivity contribution is 5.91. The molecule has 1 aromatic heterocycles. The summed E-state index contributed by atoms with van der Waals surface area (Å²) in [5.74, 6) is -0.439. The zero-order valence-electron chi connectivity index (χ0n) is 11.0. The van der Waals surface area contributed by atoms with E-state index in [4.69, 9.17) is 0 Å². The molecule has 104 valence electrons. The fraction of sp³-hybridized carbons (Fsp3) is 0.200. The maximum Gasteiger partial charge on any atom is 0.244 e. The Morgan fingerprint density at radius 1 is 1.35 bits per heavy atom. The maximum absolute atomic E-state index is 12.7. The first-order valence-corrected chi connectivity index (χ1v) is 6.41. The molecule has 0 bridgehead atoms. The van der Waals surface area contributed by atoms with Gasteiger partial charge in [-0.1, -0.05) is 12.1 Å². The predicted octanol–water partition coefficient (Wildman–Crippen LogP) is 2.24. The number of carbonyl (C=O) groups is 1. The largest absolute Gasteiger partial charge is 0.352 e. The number of rotatable bonds is 6. The fourth-order valence-electron chi connectivity index (χ4n) is 1.70. The van der Waals surface area contributed by atoms with Crippen LogP contribution in [0.25, 0.3) is 6.08 Å². The van der Waals surface area contributed by atoms with Gasteiger partial charge in [0, 0.05) is 31.6 Å². The molecule has 0 fully saturated rings. The van der Waals surface area contributed by atoms with Crippen molar-refractivity contribution in [3.63, 3.8) is 0 Å². The molecule has 0 saturated heterocycles. The van der Waals surface area contributed by atoms with E-state index in [-0.39, 0.29) is 11.7 Å². The highest BCUT2D eigenvalue weighted by Gasteiger charge is 1.96. The molecule has 1 heterocycles. The molecule has 0 aliphatic heterocycles. The quantitative estimate of drug-likeness (QED) is 0.648. The molecule has 0 saturated carbocycles. The Kier molecular flexibility index (Phi) is 5.06. The molecule has 5 heteroatoms. The van der Waals surface area contributed by atoms with Gasteiger partial charge in [0.2, 0.25) is 5.91 Å². The second-order valence-corrected chi connectivity index (χ2v) is 4.33. The van der Waals surface area contributed by atoms with Crippen LogP contribution in [0.4, 0.5) is 4.39 Å². The highest BCUT2D eigenvalue weighted by Crippen LogP contribution is 2.04. The average Bonchev–Trinajstić information content (AvgIpc) is 2.96. The first-order chi connectivity index (χ1) is 9.74. The summed E-state index contributed by atoms with van der Waals surface area (Å²) < 4.78 is 14.7. The van der Waals surface area contributed by atoms with Gasteiger partial charge in [-0.3, -0.25) is 4.79 Å². The van der Waals surface area contributed by atoms with Crippen LogP contribution < -0.4 is 5.32 Å². The number of imidazole rings is 1. The van der Waals surface area contributed by atoms with Gasteiger partial charge in [0.25, 0.3) is 0 Å². The third kappa shape index (κ3) is 4.68. The number of halogens is 1. The average molecular weight is 273 g/mol. The van der Waals surface area contributed by atoms with Crippen molar-refractivity contribution in [1.82, 2.24) is 14.9 Å². The van der Waals surface area contributed by atoms with Crippen LogP contribution in [0.15, 0.2) is 49.1 Å². The minimum atomic E-state index is -0.286. The third-order valence-corrected chi connectivity index (χ3v) is 2.75. The van der Waals surface area contributed by atoms with Crippen LogP contribution in [0.5, 0.6) is 0 Å². The molecular weight excluding hydrogens is 257 g/mol. The number of amides is 1. The third-order valence-electron chi connectivity index (χ3n) is 2.75. The van der Waals surface area contributed by atoms with Crippen molar-refractivity contribution in [1.29, 1.82) is 0 Å². The van der Waals surface area contributed by atoms with E-state index in [9.17, 15) is 9.18 Å². The van der Waals surface area contributed by atoms with Crippen molar-refractivity contribution in [2.24, 2.45) is 0 Å². The Morgan fingerprint density at radius 3 is 2.85 bits per heavy atom. The topological polar surface area (TPSA) is 46.9 Å². The van der Waals surface area contributed by atoms with E-state index < -0.39 is 0 Å². The SMILES string of the molecule is O=C(C=Cc1ccc(F)cc1)NCCCn1ccnc1. The minimum Gasteiger partial charge on any atom is -0.352 e. The molecule has 0 radical (unpaired) electrons. The van der Waals surface area contributed by atoms with Gasteiger partial charge in [0.15, 0.2) is 0 Å². The Labute approximate surface area is 117 Å². The molecule has 0 atom stereocenters. The van der Waals surface area contributed by atoms with Crippen LogP contribution in [0.1, 0.15) is 12.0 Å². The van der Waals surface area contributed by atoms with Crippen molar-refractivity contribution in [3.8, 4) is 0 Å². The van der Waals surface area contributed by atoms with Crippen molar-refractivity contribution < 1.29 is 9.18 Å². The van der Waals surface area contributed by atoms with E-state index in [1.165, 1.54) is 18.2 Å². The monoisotopic (exact) mass is 273 g/mol. The number of hydrogen-bond acceptors (Lipinski definition) is 2. The zero-order valence-corrected chi connectivity index (χ0v) is 11.0. The van der Waals surface area contributed by atoms with Gasteiger partial charge in [0.1, 0.15) is 5.82 Å². The van der Waals surface area contributed by atoms with Gasteiger partial charge in [-0.2, -0.15) is 0 Å². The lowest BCUT2D eigenvalue weighted by molar-refractivity contribution is -0.116. The summed E-state index contributed by atoms with van der Waals surface area (Å²) in [6.45, 7) is 1.42. The lowest BCUT2D eigenvalue weighted by Crippen LogP contribution is -2.22. The van der Waals surface area contributed by atoms with E-state index in [1.54, 1.807) is 30.7 Å². The highest BCUT2D eigenvalue weighted by atomic mass is 19.1. The van der Waals surface area contributed by atoms with E-state index in [1.807, 2.05) is 10.8 Å². The molecule has 2 aromatic rings. The summed E-state index contributed by atoms with van der Waals surface area (Å²) in [7, 11) is 0. The summed E-state index contributed by atoms with van der Waals surface area (Å²) in [5.41, 5.74) is 0.792. The number of hydrogen-bond donors (Lipinski definition) is 1.